The van der Waals surface area contributed by atoms with Crippen LogP contribution in [0.2, 0.25) is 0 Å². The van der Waals surface area contributed by atoms with Crippen molar-refractivity contribution in [1.29, 1.82) is 0 Å². The highest BCUT2D eigenvalue weighted by Crippen LogP contribution is 2.24. The van der Waals surface area contributed by atoms with Crippen molar-refractivity contribution in [3.05, 3.63) is 53.6 Å². The van der Waals surface area contributed by atoms with E-state index in [9.17, 15) is 13.2 Å². The van der Waals surface area contributed by atoms with E-state index in [1.807, 2.05) is 0 Å². The molecule has 0 unspecified atom stereocenters. The van der Waals surface area contributed by atoms with Gasteiger partial charge in [0.1, 0.15) is 11.5 Å². The van der Waals surface area contributed by atoms with E-state index in [0.717, 1.165) is 5.56 Å². The second-order valence-corrected chi connectivity index (χ2v) is 7.92. The molecule has 8 heteroatoms. The van der Waals surface area contributed by atoms with E-state index < -0.39 is 10.0 Å². The van der Waals surface area contributed by atoms with Gasteiger partial charge < -0.3 is 14.8 Å². The van der Waals surface area contributed by atoms with Crippen LogP contribution in [0, 0.1) is 0 Å². The van der Waals surface area contributed by atoms with Crippen molar-refractivity contribution in [1.82, 2.24) is 9.62 Å². The Morgan fingerprint density at radius 2 is 1.64 bits per heavy atom. The van der Waals surface area contributed by atoms with Gasteiger partial charge in [0.05, 0.1) is 24.7 Å². The minimum atomic E-state index is -3.49. The Labute approximate surface area is 166 Å². The highest BCUT2D eigenvalue weighted by molar-refractivity contribution is 7.89. The Balaban J connectivity index is 2.11. The fourth-order valence-electron chi connectivity index (χ4n) is 2.76. The lowest BCUT2D eigenvalue weighted by molar-refractivity contribution is 0.0947. The van der Waals surface area contributed by atoms with Gasteiger partial charge in [-0.1, -0.05) is 26.0 Å². The normalized spacial score (nSPS) is 11.3. The minimum Gasteiger partial charge on any atom is -0.497 e. The van der Waals surface area contributed by atoms with Crippen molar-refractivity contribution in [3.63, 3.8) is 0 Å². The smallest absolute Gasteiger partial charge is 0.255 e. The molecule has 0 saturated carbocycles. The fourth-order valence-corrected chi connectivity index (χ4v) is 4.22. The molecule has 2 aromatic rings. The maximum atomic E-state index is 12.5. The van der Waals surface area contributed by atoms with Gasteiger partial charge in [-0.3, -0.25) is 4.79 Å². The van der Waals surface area contributed by atoms with Gasteiger partial charge in [0.2, 0.25) is 10.0 Å². The Morgan fingerprint density at radius 3 is 2.18 bits per heavy atom. The second kappa shape index (κ2) is 9.57. The van der Waals surface area contributed by atoms with E-state index in [2.05, 4.69) is 5.32 Å². The van der Waals surface area contributed by atoms with Gasteiger partial charge in [-0.25, -0.2) is 8.42 Å². The quantitative estimate of drug-likeness (QED) is 0.692. The highest BCUT2D eigenvalue weighted by atomic mass is 32.2. The molecule has 0 aromatic heterocycles. The number of carbonyl (C=O) groups is 1. The van der Waals surface area contributed by atoms with Crippen molar-refractivity contribution in [2.24, 2.45) is 0 Å². The van der Waals surface area contributed by atoms with E-state index in [-0.39, 0.29) is 17.3 Å². The first kappa shape index (κ1) is 21.7. The van der Waals surface area contributed by atoms with Crippen LogP contribution in [-0.2, 0) is 16.6 Å². The molecule has 0 aliphatic heterocycles. The molecule has 0 heterocycles. The van der Waals surface area contributed by atoms with Crippen molar-refractivity contribution in [3.8, 4) is 11.5 Å². The molecule has 0 aliphatic rings. The predicted octanol–water partition coefficient (Wildman–Crippen LogP) is 2.66. The summed E-state index contributed by atoms with van der Waals surface area (Å²) in [5.74, 6) is 0.687. The Bertz CT molecular complexity index is 907. The summed E-state index contributed by atoms with van der Waals surface area (Å²) in [6.45, 7) is 4.69. The summed E-state index contributed by atoms with van der Waals surface area (Å²) < 4.78 is 36.8. The van der Waals surface area contributed by atoms with Crippen LogP contribution in [0.15, 0.2) is 47.4 Å². The average molecular weight is 407 g/mol. The third-order valence-electron chi connectivity index (χ3n) is 4.37. The van der Waals surface area contributed by atoms with Gasteiger partial charge in [0.15, 0.2) is 0 Å². The highest BCUT2D eigenvalue weighted by Gasteiger charge is 2.21. The first-order valence-corrected chi connectivity index (χ1v) is 10.4. The van der Waals surface area contributed by atoms with Crippen molar-refractivity contribution < 1.29 is 22.7 Å². The van der Waals surface area contributed by atoms with Crippen LogP contribution in [0.4, 0.5) is 0 Å². The van der Waals surface area contributed by atoms with Gasteiger partial charge >= 0.3 is 0 Å². The van der Waals surface area contributed by atoms with Gasteiger partial charge in [0.25, 0.3) is 5.91 Å². The lowest BCUT2D eigenvalue weighted by Crippen LogP contribution is -2.30. The molecule has 0 aliphatic carbocycles. The minimum absolute atomic E-state index is 0.237. The first-order valence-electron chi connectivity index (χ1n) is 8.96. The third kappa shape index (κ3) is 4.82. The van der Waals surface area contributed by atoms with Crippen LogP contribution in [0.5, 0.6) is 11.5 Å². The molecule has 0 fully saturated rings. The molecule has 1 amide bonds. The number of nitrogens with zero attached hydrogens (tertiary/aromatic N) is 1. The van der Waals surface area contributed by atoms with E-state index >= 15 is 0 Å². The summed E-state index contributed by atoms with van der Waals surface area (Å²) in [6.07, 6.45) is 0. The molecule has 2 aromatic carbocycles. The summed E-state index contributed by atoms with van der Waals surface area (Å²) >= 11 is 0. The summed E-state index contributed by atoms with van der Waals surface area (Å²) in [5.41, 5.74) is 1.15. The van der Waals surface area contributed by atoms with Crippen LogP contribution in [-0.4, -0.2) is 45.9 Å². The molecular formula is C20H26N2O5S. The molecule has 2 rings (SSSR count). The number of nitrogens with one attached hydrogen (secondary N) is 1. The SMILES string of the molecule is CCN(CC)S(=O)(=O)c1ccc(CNC(=O)c2cc(OC)ccc2OC)cc1. The lowest BCUT2D eigenvalue weighted by Gasteiger charge is -2.18. The summed E-state index contributed by atoms with van der Waals surface area (Å²) in [4.78, 5) is 12.7. The number of hydrogen-bond donors (Lipinski definition) is 1. The number of ether oxygens (including phenoxy) is 2. The number of hydrogen-bond acceptors (Lipinski definition) is 5. The zero-order chi connectivity index (χ0) is 20.7. The number of sulfonamides is 1. The molecule has 0 spiro atoms. The monoisotopic (exact) mass is 406 g/mol. The Kier molecular flexibility index (Phi) is 7.42. The predicted molar refractivity (Wildman–Crippen MR) is 107 cm³/mol. The molecule has 0 bridgehead atoms. The number of rotatable bonds is 9. The van der Waals surface area contributed by atoms with E-state index in [0.29, 0.717) is 30.2 Å². The molecule has 1 N–H and O–H groups in total. The fraction of sp³-hybridized carbons (Fsp3) is 0.350. The summed E-state index contributed by atoms with van der Waals surface area (Å²) in [6, 6.07) is 11.5. The van der Waals surface area contributed by atoms with Gasteiger partial charge in [-0.15, -0.1) is 0 Å². The van der Waals surface area contributed by atoms with Gasteiger partial charge in [0, 0.05) is 19.6 Å². The van der Waals surface area contributed by atoms with Crippen LogP contribution in [0.25, 0.3) is 0 Å². The third-order valence-corrected chi connectivity index (χ3v) is 6.43. The van der Waals surface area contributed by atoms with Crippen LogP contribution >= 0.6 is 0 Å². The molecule has 152 valence electrons. The van der Waals surface area contributed by atoms with Crippen LogP contribution < -0.4 is 14.8 Å². The zero-order valence-electron chi connectivity index (χ0n) is 16.6. The maximum Gasteiger partial charge on any atom is 0.255 e. The topological polar surface area (TPSA) is 84.9 Å². The van der Waals surface area contributed by atoms with E-state index in [1.54, 1.807) is 56.3 Å². The Hall–Kier alpha value is -2.58. The van der Waals surface area contributed by atoms with Crippen LogP contribution in [0.1, 0.15) is 29.8 Å². The number of amides is 1. The molecule has 28 heavy (non-hydrogen) atoms. The Morgan fingerprint density at radius 1 is 1.00 bits per heavy atom. The summed E-state index contributed by atoms with van der Waals surface area (Å²) in [5, 5.41) is 2.81. The lowest BCUT2D eigenvalue weighted by atomic mass is 10.1. The molecule has 0 atom stereocenters. The summed E-state index contributed by atoms with van der Waals surface area (Å²) in [7, 11) is -0.475. The van der Waals surface area contributed by atoms with Gasteiger partial charge in [-0.05, 0) is 35.9 Å². The number of methoxy groups -OCH3 is 2. The van der Waals surface area contributed by atoms with Gasteiger partial charge in [-0.2, -0.15) is 4.31 Å². The van der Waals surface area contributed by atoms with Crippen LogP contribution in [0.3, 0.4) is 0 Å². The standard InChI is InChI=1S/C20H26N2O5S/c1-5-22(6-2)28(24,25)17-10-7-15(8-11-17)14-21-20(23)18-13-16(26-3)9-12-19(18)27-4/h7-13H,5-6,14H2,1-4H3,(H,21,23). The van der Waals surface area contributed by atoms with Crippen molar-refractivity contribution >= 4 is 15.9 Å². The molecule has 7 nitrogen and oxygen atoms in total. The molecular weight excluding hydrogens is 380 g/mol. The zero-order valence-corrected chi connectivity index (χ0v) is 17.4. The molecule has 0 saturated heterocycles. The van der Waals surface area contributed by atoms with Crippen molar-refractivity contribution in [2.75, 3.05) is 27.3 Å². The average Bonchev–Trinajstić information content (AvgIpc) is 2.72. The first-order chi connectivity index (χ1) is 13.4. The van der Waals surface area contributed by atoms with E-state index in [4.69, 9.17) is 9.47 Å². The van der Waals surface area contributed by atoms with Crippen molar-refractivity contribution in [2.45, 2.75) is 25.3 Å². The number of carbonyl (C=O) groups excluding carboxylic acids is 1. The number of benzene rings is 2. The molecule has 0 radical (unpaired) electrons. The second-order valence-electron chi connectivity index (χ2n) is 5.98. The maximum absolute atomic E-state index is 12.5. The largest absolute Gasteiger partial charge is 0.497 e. The van der Waals surface area contributed by atoms with E-state index in [1.165, 1.54) is 18.5 Å².